The van der Waals surface area contributed by atoms with E-state index in [1.165, 1.54) is 0 Å². The van der Waals surface area contributed by atoms with Crippen LogP contribution in [0.15, 0.2) is 12.4 Å². The van der Waals surface area contributed by atoms with E-state index in [0.717, 1.165) is 0 Å². The van der Waals surface area contributed by atoms with Gasteiger partial charge in [0.25, 0.3) is 0 Å². The molecule has 0 aliphatic carbocycles. The van der Waals surface area contributed by atoms with E-state index < -0.39 is 7.60 Å². The van der Waals surface area contributed by atoms with Crippen LogP contribution in [0, 0.1) is 0 Å². The highest BCUT2D eigenvalue weighted by Crippen LogP contribution is 2.46. The molecule has 0 saturated heterocycles. The normalized spacial score (nSPS) is 11.2. The monoisotopic (exact) mass is 140 g/mol. The van der Waals surface area contributed by atoms with E-state index >= 15 is 0 Å². The second-order valence-corrected chi connectivity index (χ2v) is 2.66. The lowest BCUT2D eigenvalue weighted by molar-refractivity contribution is -0.205. The predicted octanol–water partition coefficient (Wildman–Crippen LogP) is 1.30. The predicted molar refractivity (Wildman–Crippen MR) is 25.2 cm³/mol. The summed E-state index contributed by atoms with van der Waals surface area (Å²) in [5.41, 5.74) is 0. The van der Waals surface area contributed by atoms with Gasteiger partial charge in [-0.25, -0.2) is 10.5 Å². The summed E-state index contributed by atoms with van der Waals surface area (Å²) in [5.74, 6) is 0.660. The molecule has 0 aromatic carbocycles. The first kappa shape index (κ1) is 7.81. The fourth-order valence-electron chi connectivity index (χ4n) is 0.0816. The standard InChI is InChI=1S/C2H5O5P/c1-2-8(5,6-3)7-4/h2-4H,1H2. The molecule has 0 aliphatic heterocycles. The van der Waals surface area contributed by atoms with Gasteiger partial charge in [0.15, 0.2) is 0 Å². The van der Waals surface area contributed by atoms with Gasteiger partial charge in [-0.05, 0) is 0 Å². The number of hydrogen-bond acceptors (Lipinski definition) is 5. The topological polar surface area (TPSA) is 76.0 Å². The molecule has 0 amide bonds. The van der Waals surface area contributed by atoms with Gasteiger partial charge in [-0.2, -0.15) is 0 Å². The Morgan fingerprint density at radius 1 is 1.50 bits per heavy atom. The SMILES string of the molecule is C=CP(=O)(OO)OO. The van der Waals surface area contributed by atoms with Gasteiger partial charge >= 0.3 is 7.60 Å². The van der Waals surface area contributed by atoms with Crippen molar-refractivity contribution in [3.63, 3.8) is 0 Å². The molecule has 0 saturated carbocycles. The first-order valence-electron chi connectivity index (χ1n) is 1.58. The molecule has 2 N–H and O–H groups in total. The molecule has 8 heavy (non-hydrogen) atoms. The van der Waals surface area contributed by atoms with Crippen molar-refractivity contribution < 1.29 is 24.4 Å². The molecule has 0 unspecified atom stereocenters. The lowest BCUT2D eigenvalue weighted by atomic mass is 11.3. The van der Waals surface area contributed by atoms with E-state index in [9.17, 15) is 4.57 Å². The number of hydrogen-bond donors (Lipinski definition) is 2. The summed E-state index contributed by atoms with van der Waals surface area (Å²) >= 11 is 0. The molecule has 0 rings (SSSR count). The summed E-state index contributed by atoms with van der Waals surface area (Å²) in [6.07, 6.45) is 0. The van der Waals surface area contributed by atoms with E-state index in [4.69, 9.17) is 10.5 Å². The van der Waals surface area contributed by atoms with E-state index in [2.05, 4.69) is 15.9 Å². The minimum Gasteiger partial charge on any atom is -0.250 e. The average Bonchev–Trinajstić information content (AvgIpc) is 1.87. The molecule has 5 nitrogen and oxygen atoms in total. The van der Waals surface area contributed by atoms with Gasteiger partial charge in [0.1, 0.15) is 0 Å². The van der Waals surface area contributed by atoms with Crippen LogP contribution < -0.4 is 0 Å². The van der Waals surface area contributed by atoms with Gasteiger partial charge < -0.3 is 0 Å². The van der Waals surface area contributed by atoms with Gasteiger partial charge in [-0.1, -0.05) is 6.58 Å². The molecule has 0 aromatic heterocycles. The van der Waals surface area contributed by atoms with Crippen LogP contribution in [-0.4, -0.2) is 10.5 Å². The van der Waals surface area contributed by atoms with E-state index in [1.54, 1.807) is 0 Å². The molecule has 0 fully saturated rings. The first-order valence-corrected chi connectivity index (χ1v) is 3.19. The Morgan fingerprint density at radius 3 is 1.88 bits per heavy atom. The smallest absolute Gasteiger partial charge is 0.250 e. The fourth-order valence-corrected chi connectivity index (χ4v) is 0.245. The first-order chi connectivity index (χ1) is 3.68. The third kappa shape index (κ3) is 1.73. The highest BCUT2D eigenvalue weighted by molar-refractivity contribution is 7.56. The zero-order valence-corrected chi connectivity index (χ0v) is 4.75. The van der Waals surface area contributed by atoms with Gasteiger partial charge in [-0.3, -0.25) is 4.57 Å². The van der Waals surface area contributed by atoms with Crippen LogP contribution in [0.5, 0.6) is 0 Å². The minimum absolute atomic E-state index is 0.660. The maximum Gasteiger partial charge on any atom is 0.406 e. The van der Waals surface area contributed by atoms with Crippen molar-refractivity contribution >= 4 is 7.60 Å². The molecule has 0 bridgehead atoms. The van der Waals surface area contributed by atoms with Gasteiger partial charge in [0.05, 0.1) is 0 Å². The zero-order valence-electron chi connectivity index (χ0n) is 3.85. The molecular weight excluding hydrogens is 135 g/mol. The Hall–Kier alpha value is -0.190. The molecule has 0 aliphatic rings. The third-order valence-corrected chi connectivity index (χ3v) is 1.35. The van der Waals surface area contributed by atoms with Crippen LogP contribution in [0.2, 0.25) is 0 Å². The Bertz CT molecular complexity index is 112. The minimum atomic E-state index is -3.79. The maximum atomic E-state index is 10.3. The van der Waals surface area contributed by atoms with Crippen LogP contribution in [0.1, 0.15) is 0 Å². The maximum absolute atomic E-state index is 10.3. The second-order valence-electron chi connectivity index (χ2n) is 0.886. The van der Waals surface area contributed by atoms with E-state index in [-0.39, 0.29) is 0 Å². The van der Waals surface area contributed by atoms with Gasteiger partial charge in [-0.15, -0.1) is 9.35 Å². The van der Waals surface area contributed by atoms with Crippen molar-refractivity contribution in [2.24, 2.45) is 0 Å². The number of rotatable bonds is 3. The second kappa shape index (κ2) is 2.96. The van der Waals surface area contributed by atoms with Crippen LogP contribution >= 0.6 is 7.60 Å². The van der Waals surface area contributed by atoms with E-state index in [1.807, 2.05) is 0 Å². The van der Waals surface area contributed by atoms with Gasteiger partial charge in [0, 0.05) is 5.82 Å². The van der Waals surface area contributed by atoms with Crippen LogP contribution in [0.4, 0.5) is 0 Å². The quantitative estimate of drug-likeness (QED) is 0.351. The summed E-state index contributed by atoms with van der Waals surface area (Å²) in [5, 5.41) is 15.3. The Kier molecular flexibility index (Phi) is 2.89. The molecule has 0 aromatic rings. The summed E-state index contributed by atoms with van der Waals surface area (Å²) in [7, 11) is -3.79. The lowest BCUT2D eigenvalue weighted by Gasteiger charge is -2.00. The third-order valence-electron chi connectivity index (χ3n) is 0.451. The Labute approximate surface area is 45.6 Å². The van der Waals surface area contributed by atoms with Crippen molar-refractivity contribution in [1.29, 1.82) is 0 Å². The lowest BCUT2D eigenvalue weighted by Crippen LogP contribution is -1.82. The highest BCUT2D eigenvalue weighted by atomic mass is 31.2. The molecular formula is C2H5O5P. The molecule has 0 radical (unpaired) electrons. The summed E-state index contributed by atoms with van der Waals surface area (Å²) in [6.45, 7) is 2.94. The van der Waals surface area contributed by atoms with Crippen molar-refractivity contribution in [3.05, 3.63) is 12.4 Å². The largest absolute Gasteiger partial charge is 0.406 e. The van der Waals surface area contributed by atoms with Crippen LogP contribution in [-0.2, 0) is 13.9 Å². The fraction of sp³-hybridized carbons (Fsp3) is 0. The van der Waals surface area contributed by atoms with E-state index in [0.29, 0.717) is 5.82 Å². The summed E-state index contributed by atoms with van der Waals surface area (Å²) in [4.78, 5) is 0. The van der Waals surface area contributed by atoms with Crippen molar-refractivity contribution in [3.8, 4) is 0 Å². The zero-order chi connectivity index (χ0) is 6.62. The molecule has 0 spiro atoms. The molecule has 48 valence electrons. The molecule has 0 atom stereocenters. The van der Waals surface area contributed by atoms with Crippen LogP contribution in [0.3, 0.4) is 0 Å². The molecule has 0 heterocycles. The Morgan fingerprint density at radius 2 is 1.88 bits per heavy atom. The van der Waals surface area contributed by atoms with Crippen molar-refractivity contribution in [2.75, 3.05) is 0 Å². The highest BCUT2D eigenvalue weighted by Gasteiger charge is 2.18. The van der Waals surface area contributed by atoms with Crippen molar-refractivity contribution in [2.45, 2.75) is 0 Å². The van der Waals surface area contributed by atoms with Crippen molar-refractivity contribution in [1.82, 2.24) is 0 Å². The van der Waals surface area contributed by atoms with Crippen LogP contribution in [0.25, 0.3) is 0 Å². The summed E-state index contributed by atoms with van der Waals surface area (Å²) < 4.78 is 16.7. The average molecular weight is 140 g/mol. The summed E-state index contributed by atoms with van der Waals surface area (Å²) in [6, 6.07) is 0. The molecule has 6 heteroatoms. The van der Waals surface area contributed by atoms with Gasteiger partial charge in [0.2, 0.25) is 0 Å². The Balaban J connectivity index is 3.99.